The Kier molecular flexibility index (Phi) is 9.46. The molecule has 0 aliphatic rings. The minimum atomic E-state index is -0.343. The summed E-state index contributed by atoms with van der Waals surface area (Å²) < 4.78 is 5.58. The van der Waals surface area contributed by atoms with Crippen molar-refractivity contribution >= 4 is 17.7 Å². The largest absolute Gasteiger partial charge is 0.423 e. The van der Waals surface area contributed by atoms with E-state index in [1.54, 1.807) is 6.07 Å². The molecule has 1 aromatic heterocycles. The van der Waals surface area contributed by atoms with Gasteiger partial charge in [-0.25, -0.2) is 4.79 Å². The molecule has 33 heavy (non-hydrogen) atoms. The van der Waals surface area contributed by atoms with Crippen molar-refractivity contribution in [2.45, 2.75) is 53.0 Å². The van der Waals surface area contributed by atoms with Crippen molar-refractivity contribution in [2.75, 3.05) is 6.54 Å². The monoisotopic (exact) mass is 441 g/mol. The predicted molar refractivity (Wildman–Crippen MR) is 141 cm³/mol. The molecule has 0 saturated carbocycles. The maximum Gasteiger partial charge on any atom is 0.336 e. The maximum absolute atomic E-state index is 12.3. The summed E-state index contributed by atoms with van der Waals surface area (Å²) in [4.78, 5) is 12.3. The van der Waals surface area contributed by atoms with Gasteiger partial charge in [0.05, 0.1) is 0 Å². The highest BCUT2D eigenvalue weighted by Gasteiger charge is 2.14. The van der Waals surface area contributed by atoms with E-state index in [0.29, 0.717) is 5.76 Å². The molecule has 3 rings (SSSR count). The topological polar surface area (TPSA) is 42.2 Å². The number of allylic oxidation sites excluding steroid dienone is 2. The van der Waals surface area contributed by atoms with Crippen LogP contribution >= 0.6 is 0 Å². The molecule has 1 N–H and O–H groups in total. The second kappa shape index (κ2) is 12.8. The lowest BCUT2D eigenvalue weighted by molar-refractivity contribution is 0.500. The minimum Gasteiger partial charge on any atom is -0.423 e. The van der Waals surface area contributed by atoms with Crippen molar-refractivity contribution in [3.8, 4) is 11.1 Å². The summed E-state index contributed by atoms with van der Waals surface area (Å²) in [5.41, 5.74) is 5.94. The summed E-state index contributed by atoms with van der Waals surface area (Å²) in [6, 6.07) is 20.2. The van der Waals surface area contributed by atoms with Crippen molar-refractivity contribution in [3.05, 3.63) is 99.6 Å². The predicted octanol–water partition coefficient (Wildman–Crippen LogP) is 7.57. The van der Waals surface area contributed by atoms with E-state index < -0.39 is 0 Å². The zero-order valence-electron chi connectivity index (χ0n) is 20.1. The lowest BCUT2D eigenvalue weighted by Gasteiger charge is -2.13. The molecule has 0 amide bonds. The fourth-order valence-electron chi connectivity index (χ4n) is 4.00. The van der Waals surface area contributed by atoms with Crippen molar-refractivity contribution in [3.63, 3.8) is 0 Å². The van der Waals surface area contributed by atoms with E-state index in [1.165, 1.54) is 31.2 Å². The Morgan fingerprint density at radius 2 is 1.76 bits per heavy atom. The zero-order valence-corrected chi connectivity index (χ0v) is 20.1. The Balaban J connectivity index is 1.83. The van der Waals surface area contributed by atoms with E-state index >= 15 is 0 Å². The fourth-order valence-corrected chi connectivity index (χ4v) is 4.00. The van der Waals surface area contributed by atoms with Crippen molar-refractivity contribution in [1.29, 1.82) is 0 Å². The standard InChI is InChI=1S/C30H35NO2/c1-4-6-7-11-19-31-22-25-17-15-24(16-18-25)20-23(3)30-27(26-13-9-8-10-14-26)21-29(32)33-28(30)12-5-2/h5,8-10,12-18,20-21,31H,4,6-7,11,19,22H2,1-3H3/b12-5+,23-20+. The van der Waals surface area contributed by atoms with Gasteiger partial charge >= 0.3 is 5.63 Å². The second-order valence-electron chi connectivity index (χ2n) is 8.39. The normalized spacial score (nSPS) is 11.9. The van der Waals surface area contributed by atoms with Crippen LogP contribution in [0.2, 0.25) is 0 Å². The molecule has 0 atom stereocenters. The highest BCUT2D eigenvalue weighted by atomic mass is 16.4. The van der Waals surface area contributed by atoms with Crippen LogP contribution in [0.15, 0.2) is 76.0 Å². The SMILES string of the molecule is C/C=C/c1oc(=O)cc(-c2ccccc2)c1/C(C)=C/c1ccc(CNCCCCCC)cc1. The maximum atomic E-state index is 12.3. The summed E-state index contributed by atoms with van der Waals surface area (Å²) in [6.07, 6.45) is 11.0. The molecule has 0 unspecified atom stereocenters. The van der Waals surface area contributed by atoms with Crippen LogP contribution in [0.25, 0.3) is 28.9 Å². The van der Waals surface area contributed by atoms with Crippen LogP contribution in [0.3, 0.4) is 0 Å². The quantitative estimate of drug-likeness (QED) is 0.312. The number of unbranched alkanes of at least 4 members (excludes halogenated alkanes) is 3. The first-order valence-corrected chi connectivity index (χ1v) is 12.0. The highest BCUT2D eigenvalue weighted by Crippen LogP contribution is 2.32. The number of rotatable bonds is 11. The van der Waals surface area contributed by atoms with Gasteiger partial charge in [-0.3, -0.25) is 0 Å². The van der Waals surface area contributed by atoms with E-state index in [0.717, 1.165) is 40.9 Å². The van der Waals surface area contributed by atoms with E-state index in [4.69, 9.17) is 4.42 Å². The summed E-state index contributed by atoms with van der Waals surface area (Å²) in [6.45, 7) is 8.19. The summed E-state index contributed by atoms with van der Waals surface area (Å²) >= 11 is 0. The molecule has 0 spiro atoms. The van der Waals surface area contributed by atoms with Gasteiger partial charge in [-0.1, -0.05) is 92.9 Å². The lowest BCUT2D eigenvalue weighted by atomic mass is 9.93. The average Bonchev–Trinajstić information content (AvgIpc) is 2.82. The Morgan fingerprint density at radius 1 is 1.00 bits per heavy atom. The van der Waals surface area contributed by atoms with Crippen molar-refractivity contribution < 1.29 is 4.42 Å². The molecule has 1 heterocycles. The zero-order chi connectivity index (χ0) is 23.5. The first-order valence-electron chi connectivity index (χ1n) is 12.0. The number of benzene rings is 2. The first-order chi connectivity index (χ1) is 16.1. The van der Waals surface area contributed by atoms with E-state index in [9.17, 15) is 4.79 Å². The lowest BCUT2D eigenvalue weighted by Crippen LogP contribution is -2.14. The van der Waals surface area contributed by atoms with Gasteiger partial charge < -0.3 is 9.73 Å². The molecular formula is C30H35NO2. The Hall–Kier alpha value is -3.17. The fraction of sp³-hybridized carbons (Fsp3) is 0.300. The Morgan fingerprint density at radius 3 is 2.45 bits per heavy atom. The molecule has 3 aromatic rings. The van der Waals surface area contributed by atoms with Gasteiger partial charge in [-0.05, 0) is 55.2 Å². The molecule has 3 heteroatoms. The average molecular weight is 442 g/mol. The first kappa shape index (κ1) is 24.5. The van der Waals surface area contributed by atoms with Crippen LogP contribution in [0.4, 0.5) is 0 Å². The van der Waals surface area contributed by atoms with Crippen LogP contribution in [-0.2, 0) is 6.54 Å². The molecule has 0 aliphatic heterocycles. The molecule has 0 aliphatic carbocycles. The third-order valence-corrected chi connectivity index (χ3v) is 5.68. The van der Waals surface area contributed by atoms with Gasteiger partial charge in [-0.2, -0.15) is 0 Å². The molecule has 0 saturated heterocycles. The van der Waals surface area contributed by atoms with Gasteiger partial charge in [0.2, 0.25) is 0 Å². The summed E-state index contributed by atoms with van der Waals surface area (Å²) in [5.74, 6) is 0.585. The molecule has 0 bridgehead atoms. The molecular weight excluding hydrogens is 406 g/mol. The van der Waals surface area contributed by atoms with Crippen LogP contribution in [0.5, 0.6) is 0 Å². The smallest absolute Gasteiger partial charge is 0.336 e. The van der Waals surface area contributed by atoms with Crippen LogP contribution in [0, 0.1) is 0 Å². The van der Waals surface area contributed by atoms with E-state index in [-0.39, 0.29) is 5.63 Å². The third-order valence-electron chi connectivity index (χ3n) is 5.68. The van der Waals surface area contributed by atoms with E-state index in [1.807, 2.05) is 49.4 Å². The number of nitrogens with one attached hydrogen (secondary N) is 1. The Bertz CT molecular complexity index is 1120. The van der Waals surface area contributed by atoms with Gasteiger partial charge in [0.1, 0.15) is 5.76 Å². The van der Waals surface area contributed by atoms with Gasteiger partial charge in [0.15, 0.2) is 0 Å². The number of hydrogen-bond acceptors (Lipinski definition) is 3. The van der Waals surface area contributed by atoms with Gasteiger partial charge in [0.25, 0.3) is 0 Å². The molecule has 0 fully saturated rings. The summed E-state index contributed by atoms with van der Waals surface area (Å²) in [7, 11) is 0. The van der Waals surface area contributed by atoms with Crippen LogP contribution < -0.4 is 10.9 Å². The molecule has 0 radical (unpaired) electrons. The van der Waals surface area contributed by atoms with Gasteiger partial charge in [-0.15, -0.1) is 0 Å². The minimum absolute atomic E-state index is 0.343. The Labute approximate surface area is 197 Å². The molecule has 2 aromatic carbocycles. The van der Waals surface area contributed by atoms with Crippen molar-refractivity contribution in [1.82, 2.24) is 5.32 Å². The molecule has 3 nitrogen and oxygen atoms in total. The summed E-state index contributed by atoms with van der Waals surface area (Å²) in [5, 5.41) is 3.53. The van der Waals surface area contributed by atoms with Crippen molar-refractivity contribution in [2.24, 2.45) is 0 Å². The van der Waals surface area contributed by atoms with E-state index in [2.05, 4.69) is 49.5 Å². The molecule has 172 valence electrons. The number of hydrogen-bond donors (Lipinski definition) is 1. The van der Waals surface area contributed by atoms with Crippen LogP contribution in [0.1, 0.15) is 68.9 Å². The highest BCUT2D eigenvalue weighted by molar-refractivity contribution is 5.90. The van der Waals surface area contributed by atoms with Gasteiger partial charge in [0, 0.05) is 23.7 Å². The third kappa shape index (κ3) is 7.16. The van der Waals surface area contributed by atoms with Crippen LogP contribution in [-0.4, -0.2) is 6.54 Å². The second-order valence-corrected chi connectivity index (χ2v) is 8.39.